The normalized spacial score (nSPS) is 21.7. The molecule has 1 saturated carbocycles. The zero-order valence-corrected chi connectivity index (χ0v) is 11.5. The molecular formula is C14H24N2O2. The van der Waals surface area contributed by atoms with E-state index >= 15 is 0 Å². The zero-order chi connectivity index (χ0) is 13.6. The van der Waals surface area contributed by atoms with Crippen LogP contribution in [0.4, 0.5) is 0 Å². The third-order valence-electron chi connectivity index (χ3n) is 4.21. The molecule has 0 saturated heterocycles. The van der Waals surface area contributed by atoms with Gasteiger partial charge in [0.1, 0.15) is 5.41 Å². The predicted octanol–water partition coefficient (Wildman–Crippen LogP) is 2.13. The molecule has 0 aromatic carbocycles. The van der Waals surface area contributed by atoms with Gasteiger partial charge in [-0.2, -0.15) is 5.26 Å². The molecule has 1 aliphatic rings. The van der Waals surface area contributed by atoms with Crippen molar-refractivity contribution in [3.05, 3.63) is 0 Å². The highest BCUT2D eigenvalue weighted by Crippen LogP contribution is 2.36. The second kappa shape index (κ2) is 6.19. The number of nitriles is 1. The summed E-state index contributed by atoms with van der Waals surface area (Å²) in [6.45, 7) is 3.95. The third kappa shape index (κ3) is 3.23. The van der Waals surface area contributed by atoms with Gasteiger partial charge in [0.25, 0.3) is 0 Å². The second-order valence-corrected chi connectivity index (χ2v) is 5.60. The van der Waals surface area contributed by atoms with Crippen LogP contribution in [0.2, 0.25) is 0 Å². The molecule has 1 amide bonds. The van der Waals surface area contributed by atoms with Crippen LogP contribution in [0.3, 0.4) is 0 Å². The molecule has 0 spiro atoms. The molecule has 102 valence electrons. The molecule has 1 aliphatic carbocycles. The van der Waals surface area contributed by atoms with Gasteiger partial charge in [-0.1, -0.05) is 26.2 Å². The fourth-order valence-electron chi connectivity index (χ4n) is 2.51. The van der Waals surface area contributed by atoms with Gasteiger partial charge in [0.05, 0.1) is 6.07 Å². The van der Waals surface area contributed by atoms with E-state index in [-0.39, 0.29) is 12.5 Å². The number of rotatable bonds is 5. The maximum Gasteiger partial charge on any atom is 0.240 e. The van der Waals surface area contributed by atoms with Gasteiger partial charge in [0.15, 0.2) is 0 Å². The summed E-state index contributed by atoms with van der Waals surface area (Å²) < 4.78 is 0. The highest BCUT2D eigenvalue weighted by molar-refractivity contribution is 5.86. The minimum atomic E-state index is -0.843. The van der Waals surface area contributed by atoms with Gasteiger partial charge in [-0.25, -0.2) is 0 Å². The Morgan fingerprint density at radius 1 is 1.44 bits per heavy atom. The maximum absolute atomic E-state index is 12.4. The number of nitrogens with one attached hydrogen (secondary N) is 1. The van der Waals surface area contributed by atoms with Crippen LogP contribution in [0, 0.1) is 16.7 Å². The van der Waals surface area contributed by atoms with Gasteiger partial charge in [0, 0.05) is 12.1 Å². The first-order valence-electron chi connectivity index (χ1n) is 6.87. The topological polar surface area (TPSA) is 73.1 Å². The van der Waals surface area contributed by atoms with E-state index in [0.717, 1.165) is 25.7 Å². The highest BCUT2D eigenvalue weighted by atomic mass is 16.3. The Hall–Kier alpha value is -1.08. The quantitative estimate of drug-likeness (QED) is 0.787. The summed E-state index contributed by atoms with van der Waals surface area (Å²) in [4.78, 5) is 12.4. The standard InChI is InChI=1S/C14H24N2O2/c1-3-13(2,9-10-17)16-12(18)14(11-15)7-5-4-6-8-14/h17H,3-10H2,1-2H3,(H,16,18). The van der Waals surface area contributed by atoms with E-state index in [4.69, 9.17) is 5.11 Å². The van der Waals surface area contributed by atoms with Crippen molar-refractivity contribution >= 4 is 5.91 Å². The van der Waals surface area contributed by atoms with E-state index < -0.39 is 11.0 Å². The Kier molecular flexibility index (Phi) is 5.15. The maximum atomic E-state index is 12.4. The molecule has 1 fully saturated rings. The molecule has 1 unspecified atom stereocenters. The average Bonchev–Trinajstić information content (AvgIpc) is 2.39. The van der Waals surface area contributed by atoms with E-state index in [0.29, 0.717) is 19.3 Å². The first-order chi connectivity index (χ1) is 8.52. The Morgan fingerprint density at radius 2 is 2.06 bits per heavy atom. The van der Waals surface area contributed by atoms with Crippen molar-refractivity contribution in [3.8, 4) is 6.07 Å². The molecule has 0 heterocycles. The molecule has 0 aromatic rings. The van der Waals surface area contributed by atoms with Gasteiger partial charge < -0.3 is 10.4 Å². The number of nitrogens with zero attached hydrogens (tertiary/aromatic N) is 1. The molecule has 0 radical (unpaired) electrons. The van der Waals surface area contributed by atoms with Crippen LogP contribution in [0.1, 0.15) is 58.8 Å². The minimum absolute atomic E-state index is 0.0458. The van der Waals surface area contributed by atoms with Gasteiger partial charge >= 0.3 is 0 Å². The van der Waals surface area contributed by atoms with Crippen molar-refractivity contribution in [2.45, 2.75) is 64.3 Å². The van der Waals surface area contributed by atoms with Crippen LogP contribution >= 0.6 is 0 Å². The van der Waals surface area contributed by atoms with Gasteiger partial charge in [-0.3, -0.25) is 4.79 Å². The van der Waals surface area contributed by atoms with Crippen LogP contribution in [0.5, 0.6) is 0 Å². The number of aliphatic hydroxyl groups excluding tert-OH is 1. The first kappa shape index (κ1) is 15.0. The second-order valence-electron chi connectivity index (χ2n) is 5.60. The highest BCUT2D eigenvalue weighted by Gasteiger charge is 2.42. The lowest BCUT2D eigenvalue weighted by Crippen LogP contribution is -2.52. The predicted molar refractivity (Wildman–Crippen MR) is 69.7 cm³/mol. The molecule has 4 nitrogen and oxygen atoms in total. The summed E-state index contributed by atoms with van der Waals surface area (Å²) in [5.41, 5.74) is -1.25. The van der Waals surface area contributed by atoms with E-state index in [1.807, 2.05) is 13.8 Å². The molecular weight excluding hydrogens is 228 g/mol. The van der Waals surface area contributed by atoms with Gasteiger partial charge in [-0.15, -0.1) is 0 Å². The van der Waals surface area contributed by atoms with E-state index in [9.17, 15) is 10.1 Å². The van der Waals surface area contributed by atoms with Crippen LogP contribution in [-0.2, 0) is 4.79 Å². The number of carbonyl (C=O) groups excluding carboxylic acids is 1. The van der Waals surface area contributed by atoms with Crippen molar-refractivity contribution < 1.29 is 9.90 Å². The molecule has 0 aliphatic heterocycles. The van der Waals surface area contributed by atoms with Crippen LogP contribution in [-0.4, -0.2) is 23.2 Å². The summed E-state index contributed by atoms with van der Waals surface area (Å²) in [7, 11) is 0. The van der Waals surface area contributed by atoms with Crippen LogP contribution < -0.4 is 5.32 Å². The third-order valence-corrected chi connectivity index (χ3v) is 4.21. The first-order valence-corrected chi connectivity index (χ1v) is 6.87. The Morgan fingerprint density at radius 3 is 2.50 bits per heavy atom. The molecule has 1 rings (SSSR count). The van der Waals surface area contributed by atoms with Crippen molar-refractivity contribution in [2.24, 2.45) is 5.41 Å². The number of aliphatic hydroxyl groups is 1. The van der Waals surface area contributed by atoms with Crippen molar-refractivity contribution in [3.63, 3.8) is 0 Å². The number of hydrogen-bond acceptors (Lipinski definition) is 3. The summed E-state index contributed by atoms with van der Waals surface area (Å²) in [5, 5.41) is 21.4. The van der Waals surface area contributed by atoms with Crippen molar-refractivity contribution in [1.29, 1.82) is 5.26 Å². The van der Waals surface area contributed by atoms with Crippen LogP contribution in [0.15, 0.2) is 0 Å². The lowest BCUT2D eigenvalue weighted by Gasteiger charge is -2.35. The summed E-state index contributed by atoms with van der Waals surface area (Å²) >= 11 is 0. The Balaban J connectivity index is 2.76. The molecule has 18 heavy (non-hydrogen) atoms. The van der Waals surface area contributed by atoms with E-state index in [1.54, 1.807) is 0 Å². The summed E-state index contributed by atoms with van der Waals surface area (Å²) in [6, 6.07) is 2.23. The minimum Gasteiger partial charge on any atom is -0.396 e. The molecule has 4 heteroatoms. The Labute approximate surface area is 109 Å². The largest absolute Gasteiger partial charge is 0.396 e. The van der Waals surface area contributed by atoms with Crippen molar-refractivity contribution in [2.75, 3.05) is 6.61 Å². The number of carbonyl (C=O) groups is 1. The molecule has 0 aromatic heterocycles. The molecule has 2 N–H and O–H groups in total. The molecule has 0 bridgehead atoms. The fraction of sp³-hybridized carbons (Fsp3) is 0.857. The van der Waals surface area contributed by atoms with Crippen LogP contribution in [0.25, 0.3) is 0 Å². The monoisotopic (exact) mass is 252 g/mol. The summed E-state index contributed by atoms with van der Waals surface area (Å²) in [6.07, 6.45) is 5.60. The zero-order valence-electron chi connectivity index (χ0n) is 11.5. The SMILES string of the molecule is CCC(C)(CCO)NC(=O)C1(C#N)CCCCC1. The van der Waals surface area contributed by atoms with E-state index in [1.165, 1.54) is 0 Å². The number of hydrogen-bond donors (Lipinski definition) is 2. The smallest absolute Gasteiger partial charge is 0.240 e. The average molecular weight is 252 g/mol. The lowest BCUT2D eigenvalue weighted by atomic mass is 9.74. The van der Waals surface area contributed by atoms with E-state index in [2.05, 4.69) is 11.4 Å². The molecule has 1 atom stereocenters. The fourth-order valence-corrected chi connectivity index (χ4v) is 2.51. The van der Waals surface area contributed by atoms with Gasteiger partial charge in [-0.05, 0) is 32.6 Å². The Bertz CT molecular complexity index is 329. The lowest BCUT2D eigenvalue weighted by molar-refractivity contribution is -0.131. The number of amides is 1. The summed E-state index contributed by atoms with van der Waals surface area (Å²) in [5.74, 6) is -0.150. The van der Waals surface area contributed by atoms with Crippen molar-refractivity contribution in [1.82, 2.24) is 5.32 Å². The van der Waals surface area contributed by atoms with Gasteiger partial charge in [0.2, 0.25) is 5.91 Å².